The Morgan fingerprint density at radius 3 is 2.67 bits per heavy atom. The maximum Gasteiger partial charge on any atom is 0.344 e. The number of fused-ring (bicyclic) bond motifs is 3. The standard InChI is InChI=1S/C25H32N2O6/c1-6-23-18-9-11-27-12-10-24(19(23)27)16-8-7-15(30-4)13-17(16)26(3)20(24)25(33-18,22(29)31-5)21(23)32-14(2)28/h7-8,13,18-21H,6,9-12H2,1-5H3/t18-,19-,20+,21+,23+,24+,25-/m0/s1. The summed E-state index contributed by atoms with van der Waals surface area (Å²) < 4.78 is 24.0. The maximum absolute atomic E-state index is 13.8. The number of benzene rings is 1. The quantitative estimate of drug-likeness (QED) is 0.636. The molecule has 178 valence electrons. The van der Waals surface area contributed by atoms with Gasteiger partial charge in [0.25, 0.3) is 0 Å². The van der Waals surface area contributed by atoms with Crippen LogP contribution in [0.3, 0.4) is 0 Å². The largest absolute Gasteiger partial charge is 0.497 e. The summed E-state index contributed by atoms with van der Waals surface area (Å²) in [5.41, 5.74) is 0.0242. The average Bonchev–Trinajstić information content (AvgIpc) is 3.41. The first-order valence-corrected chi connectivity index (χ1v) is 11.9. The molecule has 7 atom stereocenters. The molecular weight excluding hydrogens is 424 g/mol. The predicted molar refractivity (Wildman–Crippen MR) is 119 cm³/mol. The molecule has 1 aromatic rings. The minimum Gasteiger partial charge on any atom is -0.497 e. The lowest BCUT2D eigenvalue weighted by Crippen LogP contribution is -2.78. The molecule has 1 aliphatic carbocycles. The summed E-state index contributed by atoms with van der Waals surface area (Å²) in [4.78, 5) is 31.0. The number of hydrogen-bond donors (Lipinski definition) is 0. The smallest absolute Gasteiger partial charge is 0.344 e. The van der Waals surface area contributed by atoms with Crippen molar-refractivity contribution >= 4 is 17.6 Å². The van der Waals surface area contributed by atoms with E-state index in [0.29, 0.717) is 0 Å². The summed E-state index contributed by atoms with van der Waals surface area (Å²) in [6.07, 6.45) is 1.58. The number of nitrogens with zero attached hydrogens (tertiary/aromatic N) is 2. The Kier molecular flexibility index (Phi) is 4.27. The fourth-order valence-electron chi connectivity index (χ4n) is 8.68. The number of anilines is 1. The van der Waals surface area contributed by atoms with Crippen LogP contribution < -0.4 is 9.64 Å². The molecule has 0 aromatic heterocycles. The molecule has 0 amide bonds. The molecule has 8 nitrogen and oxygen atoms in total. The normalized spacial score (nSPS) is 42.0. The van der Waals surface area contributed by atoms with Crippen LogP contribution in [-0.4, -0.2) is 81.1 Å². The average molecular weight is 457 g/mol. The maximum atomic E-state index is 13.8. The third kappa shape index (κ3) is 2.12. The molecule has 3 saturated heterocycles. The van der Waals surface area contributed by atoms with Crippen molar-refractivity contribution in [1.82, 2.24) is 4.90 Å². The van der Waals surface area contributed by atoms with Crippen molar-refractivity contribution in [3.8, 4) is 5.75 Å². The molecule has 1 aromatic carbocycles. The SMILES string of the molecule is CC[C@]12[C@@H]3CCN4CC[C@@]5(c6ccc(OC)cc6N(C)[C@H]5[C@](C(=O)OC)(O3)[C@@H]1OC(C)=O)[C@@H]42. The topological polar surface area (TPSA) is 77.5 Å². The molecule has 1 saturated carbocycles. The van der Waals surface area contributed by atoms with Crippen molar-refractivity contribution in [2.24, 2.45) is 5.41 Å². The first-order valence-electron chi connectivity index (χ1n) is 11.9. The van der Waals surface area contributed by atoms with Crippen LogP contribution in [0, 0.1) is 5.41 Å². The molecule has 4 fully saturated rings. The Bertz CT molecular complexity index is 1050. The van der Waals surface area contributed by atoms with E-state index >= 15 is 0 Å². The molecular formula is C25H32N2O6. The summed E-state index contributed by atoms with van der Waals surface area (Å²) in [6.45, 7) is 5.41. The third-order valence-corrected chi connectivity index (χ3v) is 9.44. The highest BCUT2D eigenvalue weighted by atomic mass is 16.6. The van der Waals surface area contributed by atoms with Gasteiger partial charge in [0.05, 0.1) is 31.8 Å². The minimum atomic E-state index is -1.40. The van der Waals surface area contributed by atoms with Gasteiger partial charge < -0.3 is 23.8 Å². The second kappa shape index (κ2) is 6.63. The Hall–Kier alpha value is -2.32. The zero-order chi connectivity index (χ0) is 23.3. The summed E-state index contributed by atoms with van der Waals surface area (Å²) in [6, 6.07) is 5.96. The number of hydrogen-bond acceptors (Lipinski definition) is 8. The van der Waals surface area contributed by atoms with Gasteiger partial charge in [-0.15, -0.1) is 0 Å². The second-order valence-electron chi connectivity index (χ2n) is 10.3. The van der Waals surface area contributed by atoms with Gasteiger partial charge in [-0.25, -0.2) is 4.79 Å². The Labute approximate surface area is 194 Å². The van der Waals surface area contributed by atoms with Crippen molar-refractivity contribution < 1.29 is 28.5 Å². The minimum absolute atomic E-state index is 0.0977. The van der Waals surface area contributed by atoms with E-state index < -0.39 is 29.1 Å². The monoisotopic (exact) mass is 456 g/mol. The molecule has 0 radical (unpaired) electrons. The van der Waals surface area contributed by atoms with Crippen LogP contribution in [0.15, 0.2) is 18.2 Å². The van der Waals surface area contributed by atoms with Crippen molar-refractivity contribution in [3.05, 3.63) is 23.8 Å². The third-order valence-electron chi connectivity index (χ3n) is 9.44. The molecule has 8 heteroatoms. The van der Waals surface area contributed by atoms with E-state index in [1.807, 2.05) is 19.2 Å². The molecule has 6 rings (SSSR count). The van der Waals surface area contributed by atoms with E-state index in [2.05, 4.69) is 22.8 Å². The fourth-order valence-corrected chi connectivity index (χ4v) is 8.68. The summed E-state index contributed by atoms with van der Waals surface area (Å²) in [7, 11) is 5.08. The van der Waals surface area contributed by atoms with E-state index in [4.69, 9.17) is 18.9 Å². The number of rotatable bonds is 4. The van der Waals surface area contributed by atoms with Crippen LogP contribution in [0.25, 0.3) is 0 Å². The van der Waals surface area contributed by atoms with E-state index in [0.717, 1.165) is 43.8 Å². The van der Waals surface area contributed by atoms with Gasteiger partial charge in [-0.1, -0.05) is 13.0 Å². The number of esters is 2. The zero-order valence-electron chi connectivity index (χ0n) is 19.9. The predicted octanol–water partition coefficient (Wildman–Crippen LogP) is 1.88. The zero-order valence-corrected chi connectivity index (χ0v) is 19.9. The van der Waals surface area contributed by atoms with Crippen molar-refractivity contribution in [2.45, 2.75) is 68.4 Å². The van der Waals surface area contributed by atoms with Gasteiger partial charge in [-0.05, 0) is 37.4 Å². The van der Waals surface area contributed by atoms with E-state index in [-0.39, 0.29) is 23.6 Å². The van der Waals surface area contributed by atoms with Crippen LogP contribution in [0.2, 0.25) is 0 Å². The Balaban J connectivity index is 1.69. The van der Waals surface area contributed by atoms with Crippen LogP contribution in [-0.2, 0) is 29.2 Å². The fraction of sp³-hybridized carbons (Fsp3) is 0.680. The van der Waals surface area contributed by atoms with E-state index in [9.17, 15) is 9.59 Å². The van der Waals surface area contributed by atoms with Gasteiger partial charge in [-0.2, -0.15) is 0 Å². The first-order chi connectivity index (χ1) is 15.8. The van der Waals surface area contributed by atoms with Crippen molar-refractivity contribution in [1.29, 1.82) is 0 Å². The van der Waals surface area contributed by atoms with Crippen molar-refractivity contribution in [3.63, 3.8) is 0 Å². The molecule has 4 aliphatic heterocycles. The molecule has 33 heavy (non-hydrogen) atoms. The highest BCUT2D eigenvalue weighted by Gasteiger charge is 2.87. The van der Waals surface area contributed by atoms with Gasteiger partial charge in [0.1, 0.15) is 5.75 Å². The number of carbonyl (C=O) groups excluding carboxylic acids is 2. The van der Waals surface area contributed by atoms with Gasteiger partial charge in [0.2, 0.25) is 5.60 Å². The lowest BCUT2D eigenvalue weighted by Gasteiger charge is -2.60. The van der Waals surface area contributed by atoms with E-state index in [1.165, 1.54) is 19.6 Å². The number of piperidine rings is 1. The summed E-state index contributed by atoms with van der Waals surface area (Å²) >= 11 is 0. The molecule has 5 aliphatic rings. The number of carbonyl (C=O) groups is 2. The highest BCUT2D eigenvalue weighted by molar-refractivity contribution is 5.88. The molecule has 1 spiro atoms. The lowest BCUT2D eigenvalue weighted by molar-refractivity contribution is -0.199. The Morgan fingerprint density at radius 1 is 1.21 bits per heavy atom. The first kappa shape index (κ1) is 21.2. The van der Waals surface area contributed by atoms with Crippen LogP contribution in [0.4, 0.5) is 5.69 Å². The molecule has 0 unspecified atom stereocenters. The summed E-state index contributed by atoms with van der Waals surface area (Å²) in [5.74, 6) is -0.0800. The summed E-state index contributed by atoms with van der Waals surface area (Å²) in [5, 5.41) is 0. The van der Waals surface area contributed by atoms with Gasteiger partial charge in [-0.3, -0.25) is 9.69 Å². The van der Waals surface area contributed by atoms with Crippen molar-refractivity contribution in [2.75, 3.05) is 39.3 Å². The molecule has 2 bridgehead atoms. The van der Waals surface area contributed by atoms with Crippen LogP contribution in [0.5, 0.6) is 5.75 Å². The lowest BCUT2D eigenvalue weighted by atomic mass is 9.48. The number of methoxy groups -OCH3 is 2. The molecule has 0 N–H and O–H groups in total. The van der Waals surface area contributed by atoms with Crippen LogP contribution >= 0.6 is 0 Å². The number of likely N-dealkylation sites (N-methyl/N-ethyl adjacent to an activating group) is 1. The molecule has 4 heterocycles. The van der Waals surface area contributed by atoms with Gasteiger partial charge >= 0.3 is 11.9 Å². The van der Waals surface area contributed by atoms with E-state index in [1.54, 1.807) is 7.11 Å². The second-order valence-corrected chi connectivity index (χ2v) is 10.3. The Morgan fingerprint density at radius 2 is 2.00 bits per heavy atom. The highest BCUT2D eigenvalue weighted by Crippen LogP contribution is 2.72. The van der Waals surface area contributed by atoms with Gasteiger partial charge in [0.15, 0.2) is 6.10 Å². The van der Waals surface area contributed by atoms with Gasteiger partial charge in [0, 0.05) is 43.7 Å². The number of ether oxygens (including phenoxy) is 4. The van der Waals surface area contributed by atoms with Crippen LogP contribution in [0.1, 0.15) is 38.7 Å².